The Kier molecular flexibility index (Phi) is 7.60. The number of allylic oxidation sites excluding steroid dienone is 9. The van der Waals surface area contributed by atoms with Crippen LogP contribution in [0, 0.1) is 5.92 Å². The lowest BCUT2D eigenvalue weighted by atomic mass is 9.92. The van der Waals surface area contributed by atoms with Crippen molar-refractivity contribution in [3.63, 3.8) is 0 Å². The van der Waals surface area contributed by atoms with Crippen molar-refractivity contribution in [3.8, 4) is 0 Å². The van der Waals surface area contributed by atoms with E-state index >= 15 is 0 Å². The molecule has 1 unspecified atom stereocenters. The summed E-state index contributed by atoms with van der Waals surface area (Å²) in [6, 6.07) is 0. The average molecular weight is 326 g/mol. The molecule has 0 saturated carbocycles. The van der Waals surface area contributed by atoms with Crippen molar-refractivity contribution < 1.29 is 4.74 Å². The molecule has 0 bridgehead atoms. The maximum Gasteiger partial charge on any atom is 0.124 e. The number of hydrogen-bond donors (Lipinski definition) is 1. The maximum absolute atomic E-state index is 5.52. The van der Waals surface area contributed by atoms with Gasteiger partial charge in [-0.3, -0.25) is 4.99 Å². The van der Waals surface area contributed by atoms with Gasteiger partial charge in [0.2, 0.25) is 0 Å². The first-order valence-corrected chi connectivity index (χ1v) is 8.98. The van der Waals surface area contributed by atoms with E-state index in [0.717, 1.165) is 50.4 Å². The lowest BCUT2D eigenvalue weighted by Gasteiger charge is -2.17. The van der Waals surface area contributed by atoms with Crippen LogP contribution < -0.4 is 5.32 Å². The predicted molar refractivity (Wildman–Crippen MR) is 103 cm³/mol. The van der Waals surface area contributed by atoms with Crippen LogP contribution in [0.15, 0.2) is 64.4 Å². The van der Waals surface area contributed by atoms with Gasteiger partial charge in [-0.1, -0.05) is 49.0 Å². The molecule has 24 heavy (non-hydrogen) atoms. The largest absolute Gasteiger partial charge is 0.501 e. The quantitative estimate of drug-likeness (QED) is 0.517. The molecular weight excluding hydrogens is 296 g/mol. The highest BCUT2D eigenvalue weighted by Crippen LogP contribution is 2.25. The van der Waals surface area contributed by atoms with Crippen LogP contribution in [0.4, 0.5) is 0 Å². The third kappa shape index (κ3) is 5.55. The fourth-order valence-electron chi connectivity index (χ4n) is 2.85. The number of rotatable bonds is 8. The van der Waals surface area contributed by atoms with Gasteiger partial charge in [0, 0.05) is 24.5 Å². The van der Waals surface area contributed by atoms with Gasteiger partial charge in [-0.2, -0.15) is 0 Å². The van der Waals surface area contributed by atoms with Crippen molar-refractivity contribution in [2.75, 3.05) is 20.2 Å². The average Bonchev–Trinajstić information content (AvgIpc) is 3.04. The first kappa shape index (κ1) is 18.3. The molecule has 0 amide bonds. The van der Waals surface area contributed by atoms with Gasteiger partial charge in [-0.15, -0.1) is 0 Å². The summed E-state index contributed by atoms with van der Waals surface area (Å²) in [4.78, 5) is 4.59. The molecule has 2 rings (SSSR count). The Morgan fingerprint density at radius 1 is 1.33 bits per heavy atom. The van der Waals surface area contributed by atoms with Crippen LogP contribution in [0.2, 0.25) is 0 Å². The molecule has 2 aliphatic rings. The number of nitrogens with zero attached hydrogens (tertiary/aromatic N) is 1. The minimum Gasteiger partial charge on any atom is -0.501 e. The summed E-state index contributed by atoms with van der Waals surface area (Å²) >= 11 is 0. The summed E-state index contributed by atoms with van der Waals surface area (Å²) in [5, 5.41) is 3.40. The van der Waals surface area contributed by atoms with E-state index in [9.17, 15) is 0 Å². The standard InChI is InChI=1S/C21H30N2O/c1-4-17(2)13-14-19(24-3)11-8-10-18-9-6-5-7-12-20(18)21-22-15-16-23-21/h5-7,9,12-14,18H,4,8,10-11,15-16H2,1-3H3,(H,22,23)/b17-13-,19-14+. The van der Waals surface area contributed by atoms with Gasteiger partial charge in [-0.25, -0.2) is 0 Å². The normalized spacial score (nSPS) is 21.2. The second kappa shape index (κ2) is 9.96. The number of ether oxygens (including phenoxy) is 1. The third-order valence-electron chi connectivity index (χ3n) is 4.50. The Morgan fingerprint density at radius 2 is 2.21 bits per heavy atom. The van der Waals surface area contributed by atoms with Gasteiger partial charge in [0.05, 0.1) is 19.4 Å². The lowest BCUT2D eigenvalue weighted by molar-refractivity contribution is 0.273. The SMILES string of the molecule is CC/C(C)=C\C=C(/CCCC1C=CC=CC=C1C1=NCCN1)OC. The van der Waals surface area contributed by atoms with Gasteiger partial charge in [0.1, 0.15) is 5.84 Å². The fourth-order valence-corrected chi connectivity index (χ4v) is 2.85. The lowest BCUT2D eigenvalue weighted by Crippen LogP contribution is -2.24. The zero-order chi connectivity index (χ0) is 17.2. The number of aliphatic imine (C=N–C) groups is 1. The van der Waals surface area contributed by atoms with Crippen LogP contribution in [0.1, 0.15) is 39.5 Å². The molecule has 1 aliphatic carbocycles. The highest BCUT2D eigenvalue weighted by atomic mass is 16.5. The van der Waals surface area contributed by atoms with Crippen LogP contribution in [0.5, 0.6) is 0 Å². The van der Waals surface area contributed by atoms with Crippen molar-refractivity contribution in [2.24, 2.45) is 10.9 Å². The molecule has 1 heterocycles. The van der Waals surface area contributed by atoms with E-state index in [2.05, 4.69) is 66.7 Å². The molecule has 0 saturated heterocycles. The van der Waals surface area contributed by atoms with Gasteiger partial charge in [0.25, 0.3) is 0 Å². The van der Waals surface area contributed by atoms with Crippen LogP contribution in [-0.4, -0.2) is 26.0 Å². The fraction of sp³-hybridized carbons (Fsp3) is 0.476. The summed E-state index contributed by atoms with van der Waals surface area (Å²) in [5.41, 5.74) is 2.68. The first-order chi connectivity index (χ1) is 11.7. The predicted octanol–water partition coefficient (Wildman–Crippen LogP) is 4.71. The Bertz CT molecular complexity index is 591. The van der Waals surface area contributed by atoms with Gasteiger partial charge >= 0.3 is 0 Å². The van der Waals surface area contributed by atoms with Crippen molar-refractivity contribution in [1.82, 2.24) is 5.32 Å². The molecule has 3 nitrogen and oxygen atoms in total. The van der Waals surface area contributed by atoms with Gasteiger partial charge in [0.15, 0.2) is 0 Å². The van der Waals surface area contributed by atoms with Crippen molar-refractivity contribution in [1.29, 1.82) is 0 Å². The molecule has 1 atom stereocenters. The summed E-state index contributed by atoms with van der Waals surface area (Å²) < 4.78 is 5.52. The summed E-state index contributed by atoms with van der Waals surface area (Å²) in [6.07, 6.45) is 19.3. The van der Waals surface area contributed by atoms with Crippen LogP contribution in [-0.2, 0) is 4.74 Å². The molecule has 130 valence electrons. The number of hydrogen-bond acceptors (Lipinski definition) is 3. The zero-order valence-electron chi connectivity index (χ0n) is 15.2. The van der Waals surface area contributed by atoms with Crippen LogP contribution in [0.25, 0.3) is 0 Å². The molecule has 0 aromatic carbocycles. The molecule has 1 N–H and O–H groups in total. The molecule has 1 aliphatic heterocycles. The van der Waals surface area contributed by atoms with E-state index in [1.807, 2.05) is 0 Å². The second-order valence-electron chi connectivity index (χ2n) is 6.25. The molecule has 0 aromatic rings. The van der Waals surface area contributed by atoms with Crippen molar-refractivity contribution in [3.05, 3.63) is 59.4 Å². The van der Waals surface area contributed by atoms with E-state index in [-0.39, 0.29) is 0 Å². The van der Waals surface area contributed by atoms with E-state index in [1.54, 1.807) is 7.11 Å². The van der Waals surface area contributed by atoms with E-state index in [0.29, 0.717) is 5.92 Å². The maximum atomic E-state index is 5.52. The highest BCUT2D eigenvalue weighted by Gasteiger charge is 2.19. The van der Waals surface area contributed by atoms with Gasteiger partial charge < -0.3 is 10.1 Å². The molecule has 0 fully saturated rings. The Balaban J connectivity index is 1.94. The van der Waals surface area contributed by atoms with Crippen LogP contribution >= 0.6 is 0 Å². The minimum absolute atomic E-state index is 0.412. The molecule has 3 heteroatoms. The Hall–Kier alpha value is -2.03. The molecule has 0 spiro atoms. The zero-order valence-corrected chi connectivity index (χ0v) is 15.2. The summed E-state index contributed by atoms with van der Waals surface area (Å²) in [6.45, 7) is 6.16. The Labute approximate surface area is 146 Å². The van der Waals surface area contributed by atoms with E-state index in [4.69, 9.17) is 4.74 Å². The number of amidine groups is 1. The molecule has 0 radical (unpaired) electrons. The monoisotopic (exact) mass is 326 g/mol. The number of nitrogens with one attached hydrogen (secondary N) is 1. The Morgan fingerprint density at radius 3 is 2.92 bits per heavy atom. The van der Waals surface area contributed by atoms with Gasteiger partial charge in [-0.05, 0) is 32.3 Å². The van der Waals surface area contributed by atoms with E-state index in [1.165, 1.54) is 11.1 Å². The first-order valence-electron chi connectivity index (χ1n) is 8.98. The highest BCUT2D eigenvalue weighted by molar-refractivity contribution is 6.00. The topological polar surface area (TPSA) is 33.6 Å². The molecular formula is C21H30N2O. The molecule has 0 aromatic heterocycles. The van der Waals surface area contributed by atoms with Crippen LogP contribution in [0.3, 0.4) is 0 Å². The van der Waals surface area contributed by atoms with Crippen molar-refractivity contribution >= 4 is 5.84 Å². The number of methoxy groups -OCH3 is 1. The van der Waals surface area contributed by atoms with E-state index < -0.39 is 0 Å². The van der Waals surface area contributed by atoms with Crippen molar-refractivity contribution in [2.45, 2.75) is 39.5 Å². The minimum atomic E-state index is 0.412. The summed E-state index contributed by atoms with van der Waals surface area (Å²) in [5.74, 6) is 2.54. The second-order valence-corrected chi connectivity index (χ2v) is 6.25. The smallest absolute Gasteiger partial charge is 0.124 e. The third-order valence-corrected chi connectivity index (χ3v) is 4.50. The summed E-state index contributed by atoms with van der Waals surface area (Å²) in [7, 11) is 1.76.